The molecule has 2 saturated heterocycles. The Bertz CT molecular complexity index is 1260. The lowest BCUT2D eigenvalue weighted by Crippen LogP contribution is -2.52. The summed E-state index contributed by atoms with van der Waals surface area (Å²) in [6.07, 6.45) is 7.96. The number of imide groups is 1. The molecular weight excluding hydrogens is 462 g/mol. The van der Waals surface area contributed by atoms with E-state index < -0.39 is 11.9 Å². The van der Waals surface area contributed by atoms with Crippen LogP contribution in [0.3, 0.4) is 0 Å². The van der Waals surface area contributed by atoms with E-state index in [-0.39, 0.29) is 48.0 Å². The van der Waals surface area contributed by atoms with Crippen LogP contribution >= 0.6 is 0 Å². The molecule has 4 aliphatic rings. The standard InChI is InChI=1S/C25H29N7O4/c1-30-13-16(11-25(30)8-2-3-9-25)26-22(34)19-14-32(29-28-19)17-4-5-18-15(10-17)12-31(24(18)36)20-6-7-21(33)27-23(20)35/h4-5,10,14,16,20H,2-3,6-9,11-13H2,1H3,(H,26,34)(H,27,33,35). The van der Waals surface area contributed by atoms with Crippen molar-refractivity contribution >= 4 is 23.6 Å². The van der Waals surface area contributed by atoms with Gasteiger partial charge in [0.15, 0.2) is 5.69 Å². The Balaban J connectivity index is 1.14. The summed E-state index contributed by atoms with van der Waals surface area (Å²) < 4.78 is 1.52. The molecule has 2 atom stereocenters. The van der Waals surface area contributed by atoms with Gasteiger partial charge in [-0.15, -0.1) is 5.10 Å². The lowest BCUT2D eigenvalue weighted by Gasteiger charge is -2.31. The fourth-order valence-corrected chi connectivity index (χ4v) is 6.38. The van der Waals surface area contributed by atoms with Crippen LogP contribution in [0.5, 0.6) is 0 Å². The van der Waals surface area contributed by atoms with E-state index in [1.165, 1.54) is 35.3 Å². The molecule has 4 heterocycles. The minimum Gasteiger partial charge on any atom is -0.346 e. The SMILES string of the molecule is CN1CC(NC(=O)c2cn(-c3ccc4c(c3)CN(C3CCC(=O)NC3=O)C4=O)nn2)CC12CCCC2. The number of likely N-dealkylation sites (tertiary alicyclic amines) is 1. The number of likely N-dealkylation sites (N-methyl/N-ethyl adjacent to an activating group) is 1. The molecule has 4 amide bonds. The van der Waals surface area contributed by atoms with Gasteiger partial charge in [0.1, 0.15) is 6.04 Å². The van der Waals surface area contributed by atoms with Gasteiger partial charge in [0.05, 0.1) is 11.9 Å². The van der Waals surface area contributed by atoms with Gasteiger partial charge in [0.2, 0.25) is 11.8 Å². The van der Waals surface area contributed by atoms with Gasteiger partial charge in [0, 0.05) is 36.7 Å². The number of benzene rings is 1. The molecule has 1 spiro atoms. The number of nitrogens with zero attached hydrogens (tertiary/aromatic N) is 5. The molecule has 1 aromatic heterocycles. The first-order chi connectivity index (χ1) is 17.3. The summed E-state index contributed by atoms with van der Waals surface area (Å²) in [4.78, 5) is 53.5. The number of piperidine rings is 1. The molecule has 0 radical (unpaired) electrons. The zero-order valence-electron chi connectivity index (χ0n) is 20.2. The number of rotatable bonds is 4. The summed E-state index contributed by atoms with van der Waals surface area (Å²) in [5.74, 6) is -1.22. The predicted octanol–water partition coefficient (Wildman–Crippen LogP) is 0.775. The fourth-order valence-electron chi connectivity index (χ4n) is 6.38. The molecule has 11 nitrogen and oxygen atoms in total. The minimum atomic E-state index is -0.661. The second kappa shape index (κ2) is 8.51. The molecule has 1 aromatic carbocycles. The van der Waals surface area contributed by atoms with E-state index in [0.717, 1.165) is 18.5 Å². The third-order valence-corrected chi connectivity index (χ3v) is 8.30. The molecule has 11 heteroatoms. The molecule has 2 unspecified atom stereocenters. The first-order valence-electron chi connectivity index (χ1n) is 12.6. The Labute approximate surface area is 208 Å². The zero-order chi connectivity index (χ0) is 25.0. The van der Waals surface area contributed by atoms with Crippen LogP contribution in [0.4, 0.5) is 0 Å². The first kappa shape index (κ1) is 22.8. The van der Waals surface area contributed by atoms with Crippen molar-refractivity contribution in [1.29, 1.82) is 0 Å². The van der Waals surface area contributed by atoms with Gasteiger partial charge < -0.3 is 10.2 Å². The van der Waals surface area contributed by atoms with Crippen molar-refractivity contribution in [2.75, 3.05) is 13.6 Å². The largest absolute Gasteiger partial charge is 0.346 e. The van der Waals surface area contributed by atoms with Gasteiger partial charge in [-0.1, -0.05) is 18.1 Å². The maximum atomic E-state index is 12.9. The highest BCUT2D eigenvalue weighted by molar-refractivity contribution is 6.05. The Kier molecular flexibility index (Phi) is 5.40. The Morgan fingerprint density at radius 3 is 2.78 bits per heavy atom. The number of fused-ring (bicyclic) bond motifs is 1. The lowest BCUT2D eigenvalue weighted by atomic mass is 9.93. The Hall–Kier alpha value is -3.60. The number of carbonyl (C=O) groups is 4. The quantitative estimate of drug-likeness (QED) is 0.605. The van der Waals surface area contributed by atoms with Crippen molar-refractivity contribution in [3.8, 4) is 5.69 Å². The molecule has 2 aromatic rings. The molecule has 188 valence electrons. The normalized spacial score (nSPS) is 25.5. The molecule has 1 saturated carbocycles. The number of nitrogens with one attached hydrogen (secondary N) is 2. The van der Waals surface area contributed by atoms with Gasteiger partial charge in [-0.05, 0) is 56.5 Å². The summed E-state index contributed by atoms with van der Waals surface area (Å²) in [5, 5.41) is 13.7. The smallest absolute Gasteiger partial charge is 0.273 e. The van der Waals surface area contributed by atoms with Crippen LogP contribution in [0.2, 0.25) is 0 Å². The third-order valence-electron chi connectivity index (χ3n) is 8.30. The second-order valence-electron chi connectivity index (χ2n) is 10.5. The first-order valence-corrected chi connectivity index (χ1v) is 12.6. The average Bonchev–Trinajstić information content (AvgIpc) is 3.63. The summed E-state index contributed by atoms with van der Waals surface area (Å²) in [6, 6.07) is 4.71. The molecule has 2 N–H and O–H groups in total. The molecule has 0 bridgehead atoms. The number of amides is 4. The monoisotopic (exact) mass is 491 g/mol. The van der Waals surface area contributed by atoms with Gasteiger partial charge in [-0.25, -0.2) is 4.68 Å². The van der Waals surface area contributed by atoms with Gasteiger partial charge >= 0.3 is 0 Å². The maximum Gasteiger partial charge on any atom is 0.273 e. The highest BCUT2D eigenvalue weighted by Gasteiger charge is 2.45. The van der Waals surface area contributed by atoms with Crippen LogP contribution < -0.4 is 10.6 Å². The fraction of sp³-hybridized carbons (Fsp3) is 0.520. The van der Waals surface area contributed by atoms with Crippen molar-refractivity contribution in [2.24, 2.45) is 0 Å². The summed E-state index contributed by atoms with van der Waals surface area (Å²) in [7, 11) is 2.15. The number of hydrogen-bond donors (Lipinski definition) is 2. The van der Waals surface area contributed by atoms with E-state index in [0.29, 0.717) is 17.7 Å². The lowest BCUT2D eigenvalue weighted by molar-refractivity contribution is -0.136. The third kappa shape index (κ3) is 3.78. The highest BCUT2D eigenvalue weighted by Crippen LogP contribution is 2.42. The molecule has 1 aliphatic carbocycles. The summed E-state index contributed by atoms with van der Waals surface area (Å²) in [5.41, 5.74) is 2.42. The average molecular weight is 492 g/mol. The van der Waals surface area contributed by atoms with Crippen molar-refractivity contribution in [2.45, 2.75) is 69.1 Å². The molecule has 36 heavy (non-hydrogen) atoms. The van der Waals surface area contributed by atoms with Crippen LogP contribution in [0, 0.1) is 0 Å². The van der Waals surface area contributed by atoms with Crippen molar-refractivity contribution in [3.05, 3.63) is 41.2 Å². The molecule has 6 rings (SSSR count). The second-order valence-corrected chi connectivity index (χ2v) is 10.5. The van der Waals surface area contributed by atoms with Crippen molar-refractivity contribution < 1.29 is 19.2 Å². The number of hydrogen-bond acceptors (Lipinski definition) is 7. The molecule has 3 aliphatic heterocycles. The van der Waals surface area contributed by atoms with E-state index in [4.69, 9.17) is 0 Å². The van der Waals surface area contributed by atoms with Gasteiger partial charge in [0.25, 0.3) is 11.8 Å². The number of carbonyl (C=O) groups excluding carboxylic acids is 4. The van der Waals surface area contributed by atoms with Crippen molar-refractivity contribution in [3.63, 3.8) is 0 Å². The van der Waals surface area contributed by atoms with E-state index in [1.54, 1.807) is 18.3 Å². The van der Waals surface area contributed by atoms with Gasteiger partial charge in [-0.3, -0.25) is 29.4 Å². The zero-order valence-corrected chi connectivity index (χ0v) is 20.2. The van der Waals surface area contributed by atoms with Crippen LogP contribution in [0.25, 0.3) is 5.69 Å². The van der Waals surface area contributed by atoms with Crippen LogP contribution in [0.15, 0.2) is 24.4 Å². The maximum absolute atomic E-state index is 12.9. The summed E-state index contributed by atoms with van der Waals surface area (Å²) >= 11 is 0. The molecular formula is C25H29N7O4. The van der Waals surface area contributed by atoms with E-state index in [1.807, 2.05) is 6.07 Å². The molecule has 3 fully saturated rings. The Morgan fingerprint density at radius 2 is 2.00 bits per heavy atom. The van der Waals surface area contributed by atoms with Crippen LogP contribution in [0.1, 0.15) is 71.4 Å². The number of aromatic nitrogens is 3. The summed E-state index contributed by atoms with van der Waals surface area (Å²) in [6.45, 7) is 1.11. The van der Waals surface area contributed by atoms with Gasteiger partial charge in [-0.2, -0.15) is 0 Å². The predicted molar refractivity (Wildman–Crippen MR) is 127 cm³/mol. The van der Waals surface area contributed by atoms with E-state index in [9.17, 15) is 19.2 Å². The highest BCUT2D eigenvalue weighted by atomic mass is 16.2. The van der Waals surface area contributed by atoms with Crippen molar-refractivity contribution in [1.82, 2.24) is 35.4 Å². The van der Waals surface area contributed by atoms with Crippen LogP contribution in [-0.2, 0) is 16.1 Å². The van der Waals surface area contributed by atoms with E-state index in [2.05, 4.69) is 32.9 Å². The van der Waals surface area contributed by atoms with E-state index >= 15 is 0 Å². The minimum absolute atomic E-state index is 0.0926. The Morgan fingerprint density at radius 1 is 1.19 bits per heavy atom. The topological polar surface area (TPSA) is 130 Å². The van der Waals surface area contributed by atoms with Crippen LogP contribution in [-0.4, -0.2) is 79.6 Å².